The predicted octanol–water partition coefficient (Wildman–Crippen LogP) is 3.43. The lowest BCUT2D eigenvalue weighted by Gasteiger charge is -2.08. The van der Waals surface area contributed by atoms with Crippen LogP contribution in [0.3, 0.4) is 0 Å². The van der Waals surface area contributed by atoms with Crippen molar-refractivity contribution in [2.45, 2.75) is 0 Å². The van der Waals surface area contributed by atoms with Crippen LogP contribution in [0.1, 0.15) is 0 Å². The van der Waals surface area contributed by atoms with E-state index in [-0.39, 0.29) is 0 Å². The fraction of sp³-hybridized carbons (Fsp3) is 0.167. The highest BCUT2D eigenvalue weighted by Crippen LogP contribution is 2.35. The number of ether oxygens (including phenoxy) is 2. The van der Waals surface area contributed by atoms with Gasteiger partial charge in [-0.1, -0.05) is 6.07 Å². The molecule has 78 valence electrons. The standard InChI is InChI=1S/C12H12O2S/c1-13-9-5-6-10(11(8-9)14-2)12-4-3-7-15-12/h3-8H,1-2H3. The van der Waals surface area contributed by atoms with Crippen LogP contribution in [0.4, 0.5) is 0 Å². The molecule has 0 bridgehead atoms. The number of hydrogen-bond acceptors (Lipinski definition) is 3. The van der Waals surface area contributed by atoms with E-state index < -0.39 is 0 Å². The van der Waals surface area contributed by atoms with Gasteiger partial charge >= 0.3 is 0 Å². The summed E-state index contributed by atoms with van der Waals surface area (Å²) in [5.41, 5.74) is 1.10. The molecular formula is C12H12O2S. The van der Waals surface area contributed by atoms with Gasteiger partial charge in [-0.3, -0.25) is 0 Å². The Labute approximate surface area is 93.1 Å². The van der Waals surface area contributed by atoms with Crippen molar-refractivity contribution in [3.63, 3.8) is 0 Å². The van der Waals surface area contributed by atoms with Gasteiger partial charge in [0.15, 0.2) is 0 Å². The molecule has 0 saturated heterocycles. The van der Waals surface area contributed by atoms with E-state index in [2.05, 4.69) is 11.4 Å². The topological polar surface area (TPSA) is 18.5 Å². The van der Waals surface area contributed by atoms with Crippen molar-refractivity contribution in [1.82, 2.24) is 0 Å². The van der Waals surface area contributed by atoms with Crippen molar-refractivity contribution in [2.24, 2.45) is 0 Å². The highest BCUT2D eigenvalue weighted by atomic mass is 32.1. The Hall–Kier alpha value is -1.48. The molecule has 2 nitrogen and oxygen atoms in total. The summed E-state index contributed by atoms with van der Waals surface area (Å²) in [7, 11) is 3.32. The molecule has 0 atom stereocenters. The van der Waals surface area contributed by atoms with E-state index in [1.165, 1.54) is 4.88 Å². The third-order valence-corrected chi connectivity index (χ3v) is 3.10. The number of methoxy groups -OCH3 is 2. The summed E-state index contributed by atoms with van der Waals surface area (Å²) >= 11 is 1.70. The minimum atomic E-state index is 0.812. The Bertz CT molecular complexity index is 435. The molecule has 0 spiro atoms. The maximum absolute atomic E-state index is 5.34. The molecule has 0 aliphatic rings. The Morgan fingerprint density at radius 1 is 1.07 bits per heavy atom. The normalized spacial score (nSPS) is 10.0. The molecule has 0 aliphatic carbocycles. The number of hydrogen-bond donors (Lipinski definition) is 0. The molecule has 0 saturated carbocycles. The van der Waals surface area contributed by atoms with E-state index in [0.29, 0.717) is 0 Å². The van der Waals surface area contributed by atoms with Gasteiger partial charge in [-0.05, 0) is 23.6 Å². The summed E-state index contributed by atoms with van der Waals surface area (Å²) < 4.78 is 10.5. The van der Waals surface area contributed by atoms with Crippen molar-refractivity contribution < 1.29 is 9.47 Å². The zero-order chi connectivity index (χ0) is 10.7. The third-order valence-electron chi connectivity index (χ3n) is 2.20. The quantitative estimate of drug-likeness (QED) is 0.789. The molecule has 1 aromatic heterocycles. The second-order valence-electron chi connectivity index (χ2n) is 3.04. The van der Waals surface area contributed by atoms with Crippen molar-refractivity contribution in [1.29, 1.82) is 0 Å². The lowest BCUT2D eigenvalue weighted by molar-refractivity contribution is 0.395. The van der Waals surface area contributed by atoms with Crippen LogP contribution in [0.25, 0.3) is 10.4 Å². The molecule has 1 aromatic carbocycles. The third kappa shape index (κ3) is 1.97. The summed E-state index contributed by atoms with van der Waals surface area (Å²) in [6.07, 6.45) is 0. The molecule has 2 aromatic rings. The van der Waals surface area contributed by atoms with Crippen LogP contribution in [-0.4, -0.2) is 14.2 Å². The molecule has 2 rings (SSSR count). The van der Waals surface area contributed by atoms with Gasteiger partial charge in [-0.15, -0.1) is 11.3 Å². The lowest BCUT2D eigenvalue weighted by atomic mass is 10.1. The van der Waals surface area contributed by atoms with Gasteiger partial charge in [0.1, 0.15) is 11.5 Å². The largest absolute Gasteiger partial charge is 0.497 e. The maximum Gasteiger partial charge on any atom is 0.131 e. The summed E-state index contributed by atoms with van der Waals surface area (Å²) in [6.45, 7) is 0. The van der Waals surface area contributed by atoms with E-state index in [4.69, 9.17) is 9.47 Å². The van der Waals surface area contributed by atoms with Gasteiger partial charge < -0.3 is 9.47 Å². The molecule has 0 fully saturated rings. The van der Waals surface area contributed by atoms with Crippen LogP contribution < -0.4 is 9.47 Å². The van der Waals surface area contributed by atoms with Crippen molar-refractivity contribution in [3.8, 4) is 21.9 Å². The average Bonchev–Trinajstić information content (AvgIpc) is 2.81. The first-order valence-electron chi connectivity index (χ1n) is 4.61. The molecule has 0 unspecified atom stereocenters. The molecule has 0 radical (unpaired) electrons. The Morgan fingerprint density at radius 3 is 2.53 bits per heavy atom. The van der Waals surface area contributed by atoms with Gasteiger partial charge in [0.25, 0.3) is 0 Å². The van der Waals surface area contributed by atoms with Crippen LogP contribution in [0.2, 0.25) is 0 Å². The zero-order valence-corrected chi connectivity index (χ0v) is 9.51. The predicted molar refractivity (Wildman–Crippen MR) is 62.9 cm³/mol. The Kier molecular flexibility index (Phi) is 2.92. The SMILES string of the molecule is COc1ccc(-c2cccs2)c(OC)c1. The van der Waals surface area contributed by atoms with Crippen LogP contribution in [0.15, 0.2) is 35.7 Å². The zero-order valence-electron chi connectivity index (χ0n) is 8.69. The van der Waals surface area contributed by atoms with Crippen LogP contribution in [0.5, 0.6) is 11.5 Å². The number of benzene rings is 1. The fourth-order valence-corrected chi connectivity index (χ4v) is 2.19. The molecule has 0 amide bonds. The smallest absolute Gasteiger partial charge is 0.131 e. The maximum atomic E-state index is 5.34. The van der Waals surface area contributed by atoms with Gasteiger partial charge in [-0.25, -0.2) is 0 Å². The molecule has 3 heteroatoms. The molecular weight excluding hydrogens is 208 g/mol. The molecule has 0 aliphatic heterocycles. The fourth-order valence-electron chi connectivity index (χ4n) is 1.43. The average molecular weight is 220 g/mol. The van der Waals surface area contributed by atoms with Crippen molar-refractivity contribution in [2.75, 3.05) is 14.2 Å². The van der Waals surface area contributed by atoms with Gasteiger partial charge in [0.05, 0.1) is 14.2 Å². The molecule has 0 N–H and O–H groups in total. The second-order valence-corrected chi connectivity index (χ2v) is 3.99. The summed E-state index contributed by atoms with van der Waals surface area (Å²) in [5.74, 6) is 1.66. The van der Waals surface area contributed by atoms with E-state index in [1.54, 1.807) is 25.6 Å². The van der Waals surface area contributed by atoms with Crippen molar-refractivity contribution in [3.05, 3.63) is 35.7 Å². The minimum absolute atomic E-state index is 0.812. The van der Waals surface area contributed by atoms with Gasteiger partial charge in [0.2, 0.25) is 0 Å². The first-order valence-corrected chi connectivity index (χ1v) is 5.49. The summed E-state index contributed by atoms with van der Waals surface area (Å²) in [6, 6.07) is 9.97. The number of thiophene rings is 1. The van der Waals surface area contributed by atoms with Crippen LogP contribution in [0, 0.1) is 0 Å². The molecule has 15 heavy (non-hydrogen) atoms. The lowest BCUT2D eigenvalue weighted by Crippen LogP contribution is -1.89. The van der Waals surface area contributed by atoms with E-state index in [9.17, 15) is 0 Å². The Balaban J connectivity index is 2.48. The summed E-state index contributed by atoms with van der Waals surface area (Å²) in [4.78, 5) is 1.20. The van der Waals surface area contributed by atoms with E-state index >= 15 is 0 Å². The minimum Gasteiger partial charge on any atom is -0.497 e. The van der Waals surface area contributed by atoms with Gasteiger partial charge in [-0.2, -0.15) is 0 Å². The summed E-state index contributed by atoms with van der Waals surface area (Å²) in [5, 5.41) is 2.05. The first-order chi connectivity index (χ1) is 7.35. The molecule has 1 heterocycles. The Morgan fingerprint density at radius 2 is 1.93 bits per heavy atom. The van der Waals surface area contributed by atoms with E-state index in [1.807, 2.05) is 24.3 Å². The first kappa shape index (κ1) is 10.1. The monoisotopic (exact) mass is 220 g/mol. The van der Waals surface area contributed by atoms with E-state index in [0.717, 1.165) is 17.1 Å². The van der Waals surface area contributed by atoms with Crippen LogP contribution in [-0.2, 0) is 0 Å². The number of rotatable bonds is 3. The highest BCUT2D eigenvalue weighted by molar-refractivity contribution is 7.13. The van der Waals surface area contributed by atoms with Gasteiger partial charge in [0, 0.05) is 16.5 Å². The van der Waals surface area contributed by atoms with Crippen LogP contribution >= 0.6 is 11.3 Å². The highest BCUT2D eigenvalue weighted by Gasteiger charge is 2.07. The van der Waals surface area contributed by atoms with Crippen molar-refractivity contribution >= 4 is 11.3 Å². The second kappa shape index (κ2) is 4.36.